The van der Waals surface area contributed by atoms with Crippen molar-refractivity contribution in [1.29, 1.82) is 0 Å². The van der Waals surface area contributed by atoms with E-state index in [1.54, 1.807) is 0 Å². The minimum Gasteiger partial charge on any atom is -0.455 e. The summed E-state index contributed by atoms with van der Waals surface area (Å²) in [7, 11) is 0. The van der Waals surface area contributed by atoms with Gasteiger partial charge in [-0.15, -0.1) is 0 Å². The van der Waals surface area contributed by atoms with E-state index in [9.17, 15) is 0 Å². The van der Waals surface area contributed by atoms with Crippen molar-refractivity contribution in [1.82, 2.24) is 9.97 Å². The fourth-order valence-corrected chi connectivity index (χ4v) is 8.85. The van der Waals surface area contributed by atoms with E-state index >= 15 is 0 Å². The zero-order valence-electron chi connectivity index (χ0n) is 31.4. The van der Waals surface area contributed by atoms with E-state index in [-0.39, 0.29) is 5.41 Å². The van der Waals surface area contributed by atoms with Gasteiger partial charge in [0, 0.05) is 38.4 Å². The van der Waals surface area contributed by atoms with E-state index < -0.39 is 0 Å². The van der Waals surface area contributed by atoms with Crippen LogP contribution in [-0.4, -0.2) is 9.97 Å². The third kappa shape index (κ3) is 5.43. The van der Waals surface area contributed by atoms with Crippen LogP contribution >= 0.6 is 0 Å². The van der Waals surface area contributed by atoms with Crippen molar-refractivity contribution in [3.63, 3.8) is 0 Å². The average molecular weight is 729 g/mol. The lowest BCUT2D eigenvalue weighted by molar-refractivity contribution is 0.670. The van der Waals surface area contributed by atoms with Crippen LogP contribution < -0.4 is 0 Å². The number of furan rings is 1. The molecule has 0 bridgehead atoms. The summed E-state index contributed by atoms with van der Waals surface area (Å²) in [6.45, 7) is 2.36. The van der Waals surface area contributed by atoms with Crippen molar-refractivity contribution in [3.8, 4) is 67.3 Å². The van der Waals surface area contributed by atoms with Gasteiger partial charge in [-0.1, -0.05) is 188 Å². The Morgan fingerprint density at radius 3 is 1.53 bits per heavy atom. The minimum atomic E-state index is -0.209. The maximum absolute atomic E-state index is 6.35. The molecule has 0 amide bonds. The molecule has 2 heterocycles. The molecule has 0 atom stereocenters. The molecule has 10 aromatic rings. The highest BCUT2D eigenvalue weighted by Crippen LogP contribution is 2.52. The highest BCUT2D eigenvalue weighted by Gasteiger charge is 2.40. The Morgan fingerprint density at radius 1 is 0.386 bits per heavy atom. The van der Waals surface area contributed by atoms with Crippen LogP contribution in [0.25, 0.3) is 89.2 Å². The van der Waals surface area contributed by atoms with Gasteiger partial charge in [0.05, 0.1) is 11.4 Å². The zero-order chi connectivity index (χ0) is 37.9. The molecule has 57 heavy (non-hydrogen) atoms. The molecular weight excluding hydrogens is 693 g/mol. The van der Waals surface area contributed by atoms with Crippen LogP contribution in [0.3, 0.4) is 0 Å². The number of rotatable bonds is 6. The second-order valence-electron chi connectivity index (χ2n) is 15.1. The van der Waals surface area contributed by atoms with Gasteiger partial charge in [0.2, 0.25) is 0 Å². The van der Waals surface area contributed by atoms with Crippen molar-refractivity contribution >= 4 is 21.9 Å². The van der Waals surface area contributed by atoms with Crippen LogP contribution in [0.4, 0.5) is 0 Å². The molecule has 0 N–H and O–H groups in total. The van der Waals surface area contributed by atoms with E-state index in [4.69, 9.17) is 14.4 Å². The van der Waals surface area contributed by atoms with Gasteiger partial charge in [-0.25, -0.2) is 9.97 Å². The summed E-state index contributed by atoms with van der Waals surface area (Å²) in [5, 5.41) is 2.25. The Kier molecular flexibility index (Phi) is 7.61. The first-order chi connectivity index (χ1) is 28.1. The van der Waals surface area contributed by atoms with Crippen LogP contribution in [0, 0.1) is 0 Å². The molecule has 1 aliphatic carbocycles. The van der Waals surface area contributed by atoms with Crippen LogP contribution in [0.15, 0.2) is 205 Å². The Bertz CT molecular complexity index is 3060. The van der Waals surface area contributed by atoms with Crippen LogP contribution in [-0.2, 0) is 5.41 Å². The first kappa shape index (κ1) is 33.0. The highest BCUT2D eigenvalue weighted by molar-refractivity contribution is 6.09. The number of hydrogen-bond donors (Lipinski definition) is 0. The maximum atomic E-state index is 6.35. The summed E-state index contributed by atoms with van der Waals surface area (Å²) in [6.07, 6.45) is 0. The third-order valence-electron chi connectivity index (χ3n) is 11.9. The standard InChI is InChI=1S/C54H36N2O/c1-54(47-19-8-5-14-43(47)44-15-6-9-20-48(44)54)41-32-30-36(31-33-41)35-22-26-38(27-23-35)49-34-50(56-53(55-49)40-12-3-2-4-13-40)39-28-24-37(25-29-39)42-17-11-18-46-45-16-7-10-21-51(45)57-52(42)46/h2-34H,1H3. The predicted molar refractivity (Wildman–Crippen MR) is 234 cm³/mol. The van der Waals surface area contributed by atoms with Crippen molar-refractivity contribution in [2.45, 2.75) is 12.3 Å². The molecule has 8 aromatic carbocycles. The van der Waals surface area contributed by atoms with Gasteiger partial charge in [0.25, 0.3) is 0 Å². The Hall–Kier alpha value is -7.36. The number of nitrogens with zero attached hydrogens (tertiary/aromatic N) is 2. The Labute approximate surface area is 331 Å². The molecule has 2 aromatic heterocycles. The average Bonchev–Trinajstić information content (AvgIpc) is 3.80. The summed E-state index contributed by atoms with van der Waals surface area (Å²) in [5.74, 6) is 0.697. The van der Waals surface area contributed by atoms with Crippen LogP contribution in [0.1, 0.15) is 23.6 Å². The van der Waals surface area contributed by atoms with E-state index in [2.05, 4.69) is 177 Å². The summed E-state index contributed by atoms with van der Waals surface area (Å²) in [4.78, 5) is 10.2. The topological polar surface area (TPSA) is 38.9 Å². The number of benzene rings is 8. The predicted octanol–water partition coefficient (Wildman–Crippen LogP) is 14.0. The molecular formula is C54H36N2O. The largest absolute Gasteiger partial charge is 0.455 e. The molecule has 0 saturated heterocycles. The quantitative estimate of drug-likeness (QED) is 0.171. The molecule has 0 unspecified atom stereocenters. The normalized spacial score (nSPS) is 12.8. The van der Waals surface area contributed by atoms with Gasteiger partial charge in [-0.2, -0.15) is 0 Å². The number of hydrogen-bond acceptors (Lipinski definition) is 3. The fraction of sp³-hybridized carbons (Fsp3) is 0.0370. The van der Waals surface area contributed by atoms with Crippen LogP contribution in [0.5, 0.6) is 0 Å². The van der Waals surface area contributed by atoms with E-state index in [0.717, 1.165) is 66.7 Å². The smallest absolute Gasteiger partial charge is 0.160 e. The Morgan fingerprint density at radius 2 is 0.877 bits per heavy atom. The Balaban J connectivity index is 0.921. The second kappa shape index (κ2) is 13.1. The molecule has 3 heteroatoms. The lowest BCUT2D eigenvalue weighted by atomic mass is 9.74. The molecule has 1 aliphatic rings. The summed E-state index contributed by atoms with van der Waals surface area (Å²) in [6, 6.07) is 71.0. The fourth-order valence-electron chi connectivity index (χ4n) is 8.85. The molecule has 268 valence electrons. The molecule has 11 rings (SSSR count). The minimum absolute atomic E-state index is 0.209. The summed E-state index contributed by atoms with van der Waals surface area (Å²) >= 11 is 0. The SMILES string of the molecule is CC1(c2ccc(-c3ccc(-c4cc(-c5ccc(-c6cccc7c6oc6ccccc67)cc5)nc(-c5ccccc5)n4)cc3)cc2)c2ccccc2-c2ccccc21. The molecule has 0 saturated carbocycles. The summed E-state index contributed by atoms with van der Waals surface area (Å²) < 4.78 is 6.35. The van der Waals surface area contributed by atoms with E-state index in [1.165, 1.54) is 33.4 Å². The molecule has 3 nitrogen and oxygen atoms in total. The van der Waals surface area contributed by atoms with E-state index in [0.29, 0.717) is 5.82 Å². The first-order valence-corrected chi connectivity index (χ1v) is 19.5. The monoisotopic (exact) mass is 728 g/mol. The van der Waals surface area contributed by atoms with Gasteiger partial charge < -0.3 is 4.42 Å². The number of fused-ring (bicyclic) bond motifs is 6. The van der Waals surface area contributed by atoms with Crippen molar-refractivity contribution in [2.75, 3.05) is 0 Å². The molecule has 0 fully saturated rings. The van der Waals surface area contributed by atoms with Gasteiger partial charge in [0.15, 0.2) is 5.82 Å². The lowest BCUT2D eigenvalue weighted by Crippen LogP contribution is -2.22. The molecule has 0 spiro atoms. The first-order valence-electron chi connectivity index (χ1n) is 19.5. The van der Waals surface area contributed by atoms with Crippen molar-refractivity contribution < 1.29 is 4.42 Å². The van der Waals surface area contributed by atoms with Gasteiger partial charge in [-0.3, -0.25) is 0 Å². The summed E-state index contributed by atoms with van der Waals surface area (Å²) in [5.41, 5.74) is 17.6. The maximum Gasteiger partial charge on any atom is 0.160 e. The van der Waals surface area contributed by atoms with Crippen molar-refractivity contribution in [2.24, 2.45) is 0 Å². The molecule has 0 radical (unpaired) electrons. The number of aromatic nitrogens is 2. The van der Waals surface area contributed by atoms with Crippen LogP contribution in [0.2, 0.25) is 0 Å². The van der Waals surface area contributed by atoms with Crippen molar-refractivity contribution in [3.05, 3.63) is 217 Å². The third-order valence-corrected chi connectivity index (χ3v) is 11.9. The number of para-hydroxylation sites is 2. The second-order valence-corrected chi connectivity index (χ2v) is 15.1. The van der Waals surface area contributed by atoms with Gasteiger partial charge >= 0.3 is 0 Å². The molecule has 0 aliphatic heterocycles. The highest BCUT2D eigenvalue weighted by atomic mass is 16.3. The van der Waals surface area contributed by atoms with E-state index in [1.807, 2.05) is 30.3 Å². The zero-order valence-corrected chi connectivity index (χ0v) is 31.4. The van der Waals surface area contributed by atoms with Gasteiger partial charge in [0.1, 0.15) is 11.2 Å². The lowest BCUT2D eigenvalue weighted by Gasteiger charge is -2.28. The van der Waals surface area contributed by atoms with Gasteiger partial charge in [-0.05, 0) is 63.6 Å².